The molecule has 22 heavy (non-hydrogen) atoms. The predicted octanol–water partition coefficient (Wildman–Crippen LogP) is 1.64. The quantitative estimate of drug-likeness (QED) is 0.914. The van der Waals surface area contributed by atoms with Crippen molar-refractivity contribution in [2.75, 3.05) is 6.54 Å². The Morgan fingerprint density at radius 2 is 2.14 bits per heavy atom. The number of aliphatic hydroxyl groups is 1. The van der Waals surface area contributed by atoms with Crippen molar-refractivity contribution in [1.82, 2.24) is 14.5 Å². The number of hydrogen-bond donors (Lipinski definition) is 1. The van der Waals surface area contributed by atoms with Crippen LogP contribution in [0.4, 0.5) is 13.2 Å². The molecule has 0 unspecified atom stereocenters. The number of hydrogen-bond acceptors (Lipinski definition) is 4. The highest BCUT2D eigenvalue weighted by atomic mass is 19.4. The van der Waals surface area contributed by atoms with Gasteiger partial charge in [0.05, 0.1) is 6.54 Å². The third-order valence-corrected chi connectivity index (χ3v) is 3.41. The minimum absolute atomic E-state index is 0.0237. The van der Waals surface area contributed by atoms with Gasteiger partial charge in [0.15, 0.2) is 11.5 Å². The molecule has 0 spiro atoms. The molecule has 0 bridgehead atoms. The number of rotatable bonds is 2. The molecule has 0 saturated heterocycles. The van der Waals surface area contributed by atoms with Gasteiger partial charge in [-0.1, -0.05) is 0 Å². The van der Waals surface area contributed by atoms with Crippen LogP contribution in [0, 0.1) is 0 Å². The average Bonchev–Trinajstić information content (AvgIpc) is 3.11. The van der Waals surface area contributed by atoms with Crippen LogP contribution in [0.5, 0.6) is 0 Å². The van der Waals surface area contributed by atoms with Crippen LogP contribution in [0.15, 0.2) is 22.7 Å². The molecule has 0 saturated carbocycles. The van der Waals surface area contributed by atoms with E-state index in [0.717, 1.165) is 6.20 Å². The second kappa shape index (κ2) is 5.16. The Morgan fingerprint density at radius 1 is 1.36 bits per heavy atom. The molecule has 9 heteroatoms. The minimum atomic E-state index is -4.50. The Hall–Kier alpha value is -2.29. The number of aliphatic hydroxyl groups excluding tert-OH is 1. The zero-order valence-corrected chi connectivity index (χ0v) is 11.3. The fraction of sp³-hybridized carbons (Fsp3) is 0.385. The van der Waals surface area contributed by atoms with E-state index in [-0.39, 0.29) is 43.6 Å². The molecule has 0 aliphatic carbocycles. The lowest BCUT2D eigenvalue weighted by atomic mass is 10.3. The van der Waals surface area contributed by atoms with Gasteiger partial charge in [-0.05, 0) is 12.1 Å². The second-order valence-electron chi connectivity index (χ2n) is 4.88. The first-order chi connectivity index (χ1) is 10.4. The first-order valence-corrected chi connectivity index (χ1v) is 6.50. The van der Waals surface area contributed by atoms with Crippen molar-refractivity contribution in [2.24, 2.45) is 0 Å². The summed E-state index contributed by atoms with van der Waals surface area (Å²) in [6.45, 7) is 0.142. The Balaban J connectivity index is 1.79. The number of aromatic nitrogens is 2. The van der Waals surface area contributed by atoms with E-state index >= 15 is 0 Å². The number of nitrogens with zero attached hydrogens (tertiary/aromatic N) is 3. The van der Waals surface area contributed by atoms with Crippen LogP contribution in [0.3, 0.4) is 0 Å². The molecular weight excluding hydrogens is 303 g/mol. The highest BCUT2D eigenvalue weighted by Crippen LogP contribution is 2.29. The van der Waals surface area contributed by atoms with Crippen molar-refractivity contribution in [3.63, 3.8) is 0 Å². The Labute approximate surface area is 122 Å². The molecule has 0 aromatic carbocycles. The van der Waals surface area contributed by atoms with Crippen LogP contribution in [0.25, 0.3) is 0 Å². The largest absolute Gasteiger partial charge is 0.453 e. The molecule has 0 radical (unpaired) electrons. The molecule has 3 rings (SSSR count). The summed E-state index contributed by atoms with van der Waals surface area (Å²) < 4.78 is 44.5. The molecular formula is C13H12F3N3O3. The number of fused-ring (bicyclic) bond motifs is 1. The van der Waals surface area contributed by atoms with Gasteiger partial charge in [-0.25, -0.2) is 4.98 Å². The van der Waals surface area contributed by atoms with Crippen LogP contribution >= 0.6 is 0 Å². The highest BCUT2D eigenvalue weighted by Gasteiger charge is 2.36. The lowest BCUT2D eigenvalue weighted by molar-refractivity contribution is -0.141. The SMILES string of the molecule is O=C(c1ccc(CO)o1)N1CCn2cc(C(F)(F)F)nc2C1. The first-order valence-electron chi connectivity index (χ1n) is 6.50. The van der Waals surface area contributed by atoms with Crippen molar-refractivity contribution in [2.45, 2.75) is 25.9 Å². The third-order valence-electron chi connectivity index (χ3n) is 3.41. The van der Waals surface area contributed by atoms with Crippen LogP contribution in [0.1, 0.15) is 27.8 Å². The summed E-state index contributed by atoms with van der Waals surface area (Å²) in [6.07, 6.45) is -3.55. The number of halogens is 3. The van der Waals surface area contributed by atoms with E-state index in [4.69, 9.17) is 9.52 Å². The molecule has 0 fully saturated rings. The zero-order valence-electron chi connectivity index (χ0n) is 11.3. The smallest absolute Gasteiger partial charge is 0.434 e. The van der Waals surface area contributed by atoms with E-state index in [1.54, 1.807) is 0 Å². The standard InChI is InChI=1S/C13H12F3N3O3/c14-13(15,16)10-5-18-3-4-19(6-11(18)17-10)12(21)9-2-1-8(7-20)22-9/h1-2,5,20H,3-4,6-7H2. The maximum Gasteiger partial charge on any atom is 0.434 e. The number of furan rings is 1. The number of amides is 1. The van der Waals surface area contributed by atoms with E-state index in [1.807, 2.05) is 0 Å². The van der Waals surface area contributed by atoms with Crippen molar-refractivity contribution in [3.8, 4) is 0 Å². The third kappa shape index (κ3) is 2.59. The number of alkyl halides is 3. The van der Waals surface area contributed by atoms with E-state index in [2.05, 4.69) is 4.98 Å². The van der Waals surface area contributed by atoms with Crippen molar-refractivity contribution in [3.05, 3.63) is 41.4 Å². The number of carbonyl (C=O) groups is 1. The fourth-order valence-electron chi connectivity index (χ4n) is 2.30. The normalized spacial score (nSPS) is 15.0. The molecule has 2 aromatic heterocycles. The Kier molecular flexibility index (Phi) is 3.44. The topological polar surface area (TPSA) is 71.5 Å². The summed E-state index contributed by atoms with van der Waals surface area (Å²) in [5.41, 5.74) is -0.961. The molecule has 2 aromatic rings. The van der Waals surface area contributed by atoms with E-state index < -0.39 is 17.8 Å². The molecule has 1 aliphatic heterocycles. The number of imidazole rings is 1. The molecule has 1 N–H and O–H groups in total. The fourth-order valence-corrected chi connectivity index (χ4v) is 2.30. The summed E-state index contributed by atoms with van der Waals surface area (Å²) in [5, 5.41) is 8.91. The number of carbonyl (C=O) groups excluding carboxylic acids is 1. The molecule has 1 aliphatic rings. The zero-order chi connectivity index (χ0) is 15.9. The maximum atomic E-state index is 12.6. The Morgan fingerprint density at radius 3 is 2.77 bits per heavy atom. The Bertz CT molecular complexity index is 705. The summed E-state index contributed by atoms with van der Waals surface area (Å²) in [4.78, 5) is 17.1. The lowest BCUT2D eigenvalue weighted by Gasteiger charge is -2.26. The van der Waals surface area contributed by atoms with Crippen LogP contribution in [-0.4, -0.2) is 32.0 Å². The average molecular weight is 315 g/mol. The van der Waals surface area contributed by atoms with Gasteiger partial charge in [-0.15, -0.1) is 0 Å². The summed E-state index contributed by atoms with van der Waals surface area (Å²) in [6, 6.07) is 2.90. The van der Waals surface area contributed by atoms with E-state index in [1.165, 1.54) is 21.6 Å². The molecule has 1 amide bonds. The maximum absolute atomic E-state index is 12.6. The summed E-state index contributed by atoms with van der Waals surface area (Å²) in [5.74, 6) is 0.0321. The molecule has 118 valence electrons. The predicted molar refractivity (Wildman–Crippen MR) is 66.6 cm³/mol. The van der Waals surface area contributed by atoms with E-state index in [0.29, 0.717) is 0 Å². The van der Waals surface area contributed by atoms with Gasteiger partial charge in [-0.3, -0.25) is 4.79 Å². The van der Waals surface area contributed by atoms with Crippen LogP contribution in [-0.2, 0) is 25.9 Å². The van der Waals surface area contributed by atoms with E-state index in [9.17, 15) is 18.0 Å². The lowest BCUT2D eigenvalue weighted by Crippen LogP contribution is -2.38. The van der Waals surface area contributed by atoms with Crippen LogP contribution in [0.2, 0.25) is 0 Å². The van der Waals surface area contributed by atoms with Crippen molar-refractivity contribution < 1.29 is 27.5 Å². The van der Waals surface area contributed by atoms with Crippen LogP contribution < -0.4 is 0 Å². The van der Waals surface area contributed by atoms with Crippen molar-refractivity contribution >= 4 is 5.91 Å². The van der Waals surface area contributed by atoms with Gasteiger partial charge in [0.25, 0.3) is 5.91 Å². The van der Waals surface area contributed by atoms with Crippen molar-refractivity contribution in [1.29, 1.82) is 0 Å². The summed E-state index contributed by atoms with van der Waals surface area (Å²) >= 11 is 0. The van der Waals surface area contributed by atoms with Gasteiger partial charge >= 0.3 is 6.18 Å². The molecule has 3 heterocycles. The molecule has 6 nitrogen and oxygen atoms in total. The molecule has 0 atom stereocenters. The first kappa shape index (κ1) is 14.6. The second-order valence-corrected chi connectivity index (χ2v) is 4.88. The van der Waals surface area contributed by atoms with Gasteiger partial charge in [0.2, 0.25) is 0 Å². The van der Waals surface area contributed by atoms with Gasteiger partial charge in [-0.2, -0.15) is 13.2 Å². The van der Waals surface area contributed by atoms with Gasteiger partial charge < -0.3 is 19.0 Å². The highest BCUT2D eigenvalue weighted by molar-refractivity contribution is 5.91. The van der Waals surface area contributed by atoms with Gasteiger partial charge in [0, 0.05) is 19.3 Å². The minimum Gasteiger partial charge on any atom is -0.453 e. The monoisotopic (exact) mass is 315 g/mol. The summed E-state index contributed by atoms with van der Waals surface area (Å²) in [7, 11) is 0. The van der Waals surface area contributed by atoms with Gasteiger partial charge in [0.1, 0.15) is 18.2 Å².